The first-order valence-electron chi connectivity index (χ1n) is 5.83. The van der Waals surface area contributed by atoms with Crippen molar-refractivity contribution in [3.05, 3.63) is 35.8 Å². The highest BCUT2D eigenvalue weighted by Gasteiger charge is 2.40. The predicted octanol–water partition coefficient (Wildman–Crippen LogP) is 3.62. The molecule has 0 fully saturated rings. The lowest BCUT2D eigenvalue weighted by Crippen LogP contribution is -2.25. The van der Waals surface area contributed by atoms with Crippen LogP contribution in [0.25, 0.3) is 0 Å². The highest BCUT2D eigenvalue weighted by Crippen LogP contribution is 2.48. The van der Waals surface area contributed by atoms with Crippen molar-refractivity contribution >= 4 is 5.69 Å². The Hall–Kier alpha value is -1.51. The van der Waals surface area contributed by atoms with E-state index in [0.29, 0.717) is 5.70 Å². The van der Waals surface area contributed by atoms with Gasteiger partial charge in [0.05, 0.1) is 12.8 Å². The molecule has 1 aromatic carbocycles. The number of allylic oxidation sites excluding steroid dienone is 1. The molecular weight excluding hydrogens is 217 g/mol. The van der Waals surface area contributed by atoms with E-state index < -0.39 is 0 Å². The van der Waals surface area contributed by atoms with Gasteiger partial charge in [-0.1, -0.05) is 13.8 Å². The second-order valence-corrected chi connectivity index (χ2v) is 4.75. The van der Waals surface area contributed by atoms with E-state index in [4.69, 9.17) is 4.74 Å². The van der Waals surface area contributed by atoms with E-state index in [-0.39, 0.29) is 5.41 Å². The molecule has 0 unspecified atom stereocenters. The molecule has 17 heavy (non-hydrogen) atoms. The average molecular weight is 235 g/mol. The van der Waals surface area contributed by atoms with Crippen LogP contribution in [0.1, 0.15) is 26.3 Å². The van der Waals surface area contributed by atoms with Gasteiger partial charge in [-0.2, -0.15) is 0 Å². The fourth-order valence-corrected chi connectivity index (χ4v) is 2.52. The molecule has 1 heterocycles. The van der Waals surface area contributed by atoms with Gasteiger partial charge in [0.2, 0.25) is 0 Å². The fraction of sp³-hybridized carbons (Fsp3) is 0.429. The Morgan fingerprint density at radius 2 is 2.12 bits per heavy atom. The molecule has 2 rings (SSSR count). The van der Waals surface area contributed by atoms with Crippen LogP contribution >= 0.6 is 0 Å². The predicted molar refractivity (Wildman–Crippen MR) is 68.2 cm³/mol. The fourth-order valence-electron chi connectivity index (χ4n) is 2.52. The minimum Gasteiger partial charge on any atom is -0.497 e. The quantitative estimate of drug-likeness (QED) is 0.776. The number of hydrogen-bond acceptors (Lipinski definition) is 2. The molecule has 0 saturated heterocycles. The molecule has 0 N–H and O–H groups in total. The van der Waals surface area contributed by atoms with Crippen molar-refractivity contribution in [1.82, 2.24) is 0 Å². The number of halogens is 1. The Labute approximate surface area is 102 Å². The lowest BCUT2D eigenvalue weighted by Gasteiger charge is -2.24. The maximum atomic E-state index is 13.1. The van der Waals surface area contributed by atoms with E-state index in [1.807, 2.05) is 43.9 Å². The SMILES string of the molecule is CCN1/C(=C\F)C(C)(C)c2cc(OC)ccc21. The van der Waals surface area contributed by atoms with Crippen molar-refractivity contribution in [2.75, 3.05) is 18.6 Å². The van der Waals surface area contributed by atoms with Crippen molar-refractivity contribution in [3.63, 3.8) is 0 Å². The van der Waals surface area contributed by atoms with Gasteiger partial charge in [-0.15, -0.1) is 0 Å². The lowest BCUT2D eigenvalue weighted by atomic mass is 9.84. The lowest BCUT2D eigenvalue weighted by molar-refractivity contribution is 0.413. The summed E-state index contributed by atoms with van der Waals surface area (Å²) in [5.41, 5.74) is 2.59. The van der Waals surface area contributed by atoms with Crippen molar-refractivity contribution in [2.24, 2.45) is 0 Å². The average Bonchev–Trinajstić information content (AvgIpc) is 2.56. The number of nitrogens with zero attached hydrogens (tertiary/aromatic N) is 1. The summed E-state index contributed by atoms with van der Waals surface area (Å²) >= 11 is 0. The van der Waals surface area contributed by atoms with Crippen molar-refractivity contribution < 1.29 is 9.13 Å². The van der Waals surface area contributed by atoms with Gasteiger partial charge in [-0.05, 0) is 30.7 Å². The molecule has 2 nitrogen and oxygen atoms in total. The molecule has 1 aromatic rings. The first-order valence-corrected chi connectivity index (χ1v) is 5.83. The third-order valence-corrected chi connectivity index (χ3v) is 3.52. The van der Waals surface area contributed by atoms with Crippen LogP contribution in [0, 0.1) is 0 Å². The highest BCUT2D eigenvalue weighted by atomic mass is 19.1. The van der Waals surface area contributed by atoms with Crippen LogP contribution < -0.4 is 9.64 Å². The number of ether oxygens (including phenoxy) is 1. The van der Waals surface area contributed by atoms with Gasteiger partial charge in [-0.3, -0.25) is 0 Å². The summed E-state index contributed by atoms with van der Waals surface area (Å²) in [5.74, 6) is 0.813. The molecule has 0 saturated carbocycles. The van der Waals surface area contributed by atoms with Gasteiger partial charge in [0.15, 0.2) is 0 Å². The minimum absolute atomic E-state index is 0.311. The number of methoxy groups -OCH3 is 1. The molecule has 0 spiro atoms. The number of anilines is 1. The standard InChI is InChI=1S/C14H18FNO/c1-5-16-12-7-6-10(17-4)8-11(12)14(2,3)13(16)9-15/h6-9H,5H2,1-4H3/b13-9-. The molecule has 0 bridgehead atoms. The maximum absolute atomic E-state index is 13.1. The Kier molecular flexibility index (Phi) is 2.86. The van der Waals surface area contributed by atoms with Crippen LogP contribution in [0.4, 0.5) is 10.1 Å². The van der Waals surface area contributed by atoms with Gasteiger partial charge in [0.25, 0.3) is 0 Å². The molecule has 0 aromatic heterocycles. The zero-order valence-corrected chi connectivity index (χ0v) is 10.7. The first-order chi connectivity index (χ1) is 8.06. The van der Waals surface area contributed by atoms with E-state index in [1.165, 1.54) is 0 Å². The van der Waals surface area contributed by atoms with Gasteiger partial charge in [0, 0.05) is 17.6 Å². The summed E-state index contributed by atoms with van der Waals surface area (Å²) in [6.45, 7) is 6.86. The number of benzene rings is 1. The Morgan fingerprint density at radius 3 is 2.65 bits per heavy atom. The maximum Gasteiger partial charge on any atom is 0.119 e. The van der Waals surface area contributed by atoms with Crippen LogP contribution in [0.15, 0.2) is 30.2 Å². The third kappa shape index (κ3) is 1.61. The summed E-state index contributed by atoms with van der Waals surface area (Å²) in [4.78, 5) is 2.01. The zero-order chi connectivity index (χ0) is 12.6. The second-order valence-electron chi connectivity index (χ2n) is 4.75. The summed E-state index contributed by atoms with van der Waals surface area (Å²) < 4.78 is 18.4. The van der Waals surface area contributed by atoms with E-state index in [0.717, 1.165) is 29.9 Å². The smallest absolute Gasteiger partial charge is 0.119 e. The van der Waals surface area contributed by atoms with E-state index in [9.17, 15) is 4.39 Å². The summed E-state index contributed by atoms with van der Waals surface area (Å²) in [6, 6.07) is 5.91. The van der Waals surface area contributed by atoms with Crippen LogP contribution in [0.2, 0.25) is 0 Å². The molecule has 0 radical (unpaired) electrons. The van der Waals surface area contributed by atoms with E-state index in [1.54, 1.807) is 7.11 Å². The van der Waals surface area contributed by atoms with Crippen LogP contribution in [-0.2, 0) is 5.41 Å². The van der Waals surface area contributed by atoms with Gasteiger partial charge in [0.1, 0.15) is 12.1 Å². The highest BCUT2D eigenvalue weighted by molar-refractivity contribution is 5.71. The molecular formula is C14H18FNO. The number of likely N-dealkylation sites (N-methyl/N-ethyl adjacent to an activating group) is 1. The normalized spacial score (nSPS) is 19.6. The molecule has 1 aliphatic heterocycles. The summed E-state index contributed by atoms with van der Waals surface area (Å²) in [7, 11) is 1.65. The van der Waals surface area contributed by atoms with Gasteiger partial charge < -0.3 is 9.64 Å². The Balaban J connectivity index is 2.63. The molecule has 0 aliphatic carbocycles. The largest absolute Gasteiger partial charge is 0.497 e. The number of rotatable bonds is 2. The topological polar surface area (TPSA) is 12.5 Å². The molecule has 3 heteroatoms. The van der Waals surface area contributed by atoms with Crippen molar-refractivity contribution in [3.8, 4) is 5.75 Å². The number of fused-ring (bicyclic) bond motifs is 1. The third-order valence-electron chi connectivity index (χ3n) is 3.52. The van der Waals surface area contributed by atoms with Gasteiger partial charge >= 0.3 is 0 Å². The van der Waals surface area contributed by atoms with Gasteiger partial charge in [-0.25, -0.2) is 4.39 Å². The molecule has 1 aliphatic rings. The number of hydrogen-bond donors (Lipinski definition) is 0. The van der Waals surface area contributed by atoms with E-state index in [2.05, 4.69) is 0 Å². The molecule has 0 amide bonds. The second kappa shape index (κ2) is 4.06. The zero-order valence-electron chi connectivity index (χ0n) is 10.7. The first kappa shape index (κ1) is 12.0. The van der Waals surface area contributed by atoms with Crippen LogP contribution in [0.5, 0.6) is 5.75 Å². The van der Waals surface area contributed by atoms with Crippen LogP contribution in [0.3, 0.4) is 0 Å². The summed E-state index contributed by atoms with van der Waals surface area (Å²) in [6.07, 6.45) is 0.718. The Bertz CT molecular complexity index is 465. The van der Waals surface area contributed by atoms with Crippen molar-refractivity contribution in [2.45, 2.75) is 26.2 Å². The monoisotopic (exact) mass is 235 g/mol. The van der Waals surface area contributed by atoms with Crippen molar-refractivity contribution in [1.29, 1.82) is 0 Å². The summed E-state index contributed by atoms with van der Waals surface area (Å²) in [5, 5.41) is 0. The van der Waals surface area contributed by atoms with E-state index >= 15 is 0 Å². The molecule has 92 valence electrons. The molecule has 0 atom stereocenters. The Morgan fingerprint density at radius 1 is 1.41 bits per heavy atom. The minimum atomic E-state index is -0.311. The van der Waals surface area contributed by atoms with Crippen LogP contribution in [-0.4, -0.2) is 13.7 Å².